The lowest BCUT2D eigenvalue weighted by Crippen LogP contribution is -2.32. The summed E-state index contributed by atoms with van der Waals surface area (Å²) in [4.78, 5) is 34.3. The summed E-state index contributed by atoms with van der Waals surface area (Å²) in [6.45, 7) is 1.10. The Morgan fingerprint density at radius 2 is 1.94 bits per heavy atom. The zero-order valence-electron chi connectivity index (χ0n) is 16.8. The predicted octanol–water partition coefficient (Wildman–Crippen LogP) is 2.89. The largest absolute Gasteiger partial charge is 0.385 e. The molecule has 10 heteroatoms. The number of benzene rings is 2. The number of non-ortho nitro benzene ring substituents is 1. The fourth-order valence-corrected chi connectivity index (χ4v) is 2.67. The third-order valence-corrected chi connectivity index (χ3v) is 4.16. The molecule has 162 valence electrons. The molecule has 9 nitrogen and oxygen atoms in total. The highest BCUT2D eigenvalue weighted by Gasteiger charge is 2.07. The van der Waals surface area contributed by atoms with E-state index in [1.165, 1.54) is 30.4 Å². The van der Waals surface area contributed by atoms with Crippen molar-refractivity contribution in [1.29, 1.82) is 0 Å². The van der Waals surface area contributed by atoms with Gasteiger partial charge in [-0.25, -0.2) is 0 Å². The van der Waals surface area contributed by atoms with Gasteiger partial charge in [-0.3, -0.25) is 25.0 Å². The number of nitrogens with one attached hydrogen (secondary N) is 3. The van der Waals surface area contributed by atoms with Crippen molar-refractivity contribution in [3.8, 4) is 0 Å². The Hall–Kier alpha value is -3.63. The van der Waals surface area contributed by atoms with E-state index in [0.717, 1.165) is 6.42 Å². The summed E-state index contributed by atoms with van der Waals surface area (Å²) < 4.78 is 4.93. The van der Waals surface area contributed by atoms with Crippen LogP contribution in [0.5, 0.6) is 0 Å². The smallest absolute Gasteiger partial charge is 0.270 e. The number of hydrogen-bond donors (Lipinski definition) is 3. The van der Waals surface area contributed by atoms with E-state index in [2.05, 4.69) is 16.0 Å². The number of carbonyl (C=O) groups excluding carboxylic acids is 2. The standard InChI is InChI=1S/C21H22N4O5S/c1-30-13-3-12-22-20(27)16-7-9-17(10-8-16)23-21(31)24-19(26)11-6-15-4-2-5-18(14-15)25(28)29/h2,4-11,14H,3,12-13H2,1H3,(H,22,27)(H2,23,24,26,31)/b11-6+. The van der Waals surface area contributed by atoms with Gasteiger partial charge in [0, 0.05) is 49.7 Å². The maximum Gasteiger partial charge on any atom is 0.270 e. The molecule has 3 N–H and O–H groups in total. The number of ether oxygens (including phenoxy) is 1. The first-order valence-electron chi connectivity index (χ1n) is 9.31. The van der Waals surface area contributed by atoms with E-state index >= 15 is 0 Å². The second kappa shape index (κ2) is 12.2. The number of hydrogen-bond acceptors (Lipinski definition) is 6. The third kappa shape index (κ3) is 8.33. The molecule has 2 aromatic carbocycles. The van der Waals surface area contributed by atoms with Crippen molar-refractivity contribution in [3.05, 3.63) is 75.8 Å². The van der Waals surface area contributed by atoms with Crippen LogP contribution in [0.1, 0.15) is 22.3 Å². The van der Waals surface area contributed by atoms with Crippen LogP contribution in [-0.4, -0.2) is 42.1 Å². The number of rotatable bonds is 9. The van der Waals surface area contributed by atoms with Crippen molar-refractivity contribution in [2.24, 2.45) is 0 Å². The van der Waals surface area contributed by atoms with Crippen molar-refractivity contribution in [1.82, 2.24) is 10.6 Å². The average Bonchev–Trinajstić information content (AvgIpc) is 2.75. The molecule has 2 rings (SSSR count). The zero-order valence-corrected chi connectivity index (χ0v) is 17.6. The normalized spacial score (nSPS) is 10.5. The summed E-state index contributed by atoms with van der Waals surface area (Å²) in [6, 6.07) is 12.5. The molecular formula is C21H22N4O5S. The zero-order chi connectivity index (χ0) is 22.6. The van der Waals surface area contributed by atoms with E-state index in [4.69, 9.17) is 17.0 Å². The fourth-order valence-electron chi connectivity index (χ4n) is 2.46. The van der Waals surface area contributed by atoms with Gasteiger partial charge in [-0.15, -0.1) is 0 Å². The van der Waals surface area contributed by atoms with Crippen LogP contribution in [-0.2, 0) is 9.53 Å². The Bertz CT molecular complexity index is 976. The van der Waals surface area contributed by atoms with E-state index in [1.54, 1.807) is 37.4 Å². The Labute approximate surface area is 184 Å². The first-order valence-corrected chi connectivity index (χ1v) is 9.71. The number of nitro groups is 1. The van der Waals surface area contributed by atoms with Gasteiger partial charge in [-0.1, -0.05) is 12.1 Å². The Kier molecular flexibility index (Phi) is 9.27. The summed E-state index contributed by atoms with van der Waals surface area (Å²) in [5.41, 5.74) is 1.55. The van der Waals surface area contributed by atoms with Gasteiger partial charge in [0.15, 0.2) is 5.11 Å². The fraction of sp³-hybridized carbons (Fsp3) is 0.190. The van der Waals surface area contributed by atoms with Crippen LogP contribution in [0.3, 0.4) is 0 Å². The van der Waals surface area contributed by atoms with Crippen molar-refractivity contribution in [2.75, 3.05) is 25.6 Å². The molecule has 31 heavy (non-hydrogen) atoms. The lowest BCUT2D eigenvalue weighted by molar-refractivity contribution is -0.384. The maximum atomic E-state index is 12.0. The second-order valence-corrected chi connectivity index (χ2v) is 6.72. The molecule has 0 saturated heterocycles. The predicted molar refractivity (Wildman–Crippen MR) is 122 cm³/mol. The van der Waals surface area contributed by atoms with Gasteiger partial charge in [-0.2, -0.15) is 0 Å². The Morgan fingerprint density at radius 1 is 1.19 bits per heavy atom. The minimum Gasteiger partial charge on any atom is -0.385 e. The number of anilines is 1. The first-order chi connectivity index (χ1) is 14.9. The van der Waals surface area contributed by atoms with E-state index < -0.39 is 10.8 Å². The maximum absolute atomic E-state index is 12.0. The molecule has 0 aromatic heterocycles. The van der Waals surface area contributed by atoms with Gasteiger partial charge >= 0.3 is 0 Å². The average molecular weight is 442 g/mol. The molecule has 0 bridgehead atoms. The Balaban J connectivity index is 1.83. The van der Waals surface area contributed by atoms with Crippen molar-refractivity contribution in [2.45, 2.75) is 6.42 Å². The van der Waals surface area contributed by atoms with Crippen LogP contribution in [0.2, 0.25) is 0 Å². The molecule has 2 amide bonds. The lowest BCUT2D eigenvalue weighted by atomic mass is 10.2. The highest BCUT2D eigenvalue weighted by molar-refractivity contribution is 7.80. The summed E-state index contributed by atoms with van der Waals surface area (Å²) in [5.74, 6) is -0.680. The molecule has 2 aromatic rings. The van der Waals surface area contributed by atoms with Gasteiger partial charge in [0.1, 0.15) is 0 Å². The molecule has 0 unspecified atom stereocenters. The quantitative estimate of drug-likeness (QED) is 0.179. The molecule has 0 radical (unpaired) electrons. The van der Waals surface area contributed by atoms with Gasteiger partial charge in [0.2, 0.25) is 5.91 Å². The summed E-state index contributed by atoms with van der Waals surface area (Å²) in [5, 5.41) is 19.0. The van der Waals surface area contributed by atoms with Crippen molar-refractivity contribution in [3.63, 3.8) is 0 Å². The van der Waals surface area contributed by atoms with Crippen LogP contribution in [0.4, 0.5) is 11.4 Å². The summed E-state index contributed by atoms with van der Waals surface area (Å²) >= 11 is 5.11. The molecule has 0 atom stereocenters. The number of nitro benzene ring substituents is 1. The van der Waals surface area contributed by atoms with Crippen LogP contribution >= 0.6 is 12.2 Å². The molecule has 0 heterocycles. The van der Waals surface area contributed by atoms with Crippen LogP contribution in [0.15, 0.2) is 54.6 Å². The van der Waals surface area contributed by atoms with E-state index in [-0.39, 0.29) is 16.7 Å². The SMILES string of the molecule is COCCCNC(=O)c1ccc(NC(=S)NC(=O)/C=C/c2cccc([N+](=O)[O-])c2)cc1. The van der Waals surface area contributed by atoms with Crippen LogP contribution < -0.4 is 16.0 Å². The van der Waals surface area contributed by atoms with Gasteiger partial charge < -0.3 is 15.4 Å². The number of amides is 2. The molecule has 0 aliphatic rings. The summed E-state index contributed by atoms with van der Waals surface area (Å²) in [6.07, 6.45) is 3.40. The lowest BCUT2D eigenvalue weighted by Gasteiger charge is -2.09. The number of methoxy groups -OCH3 is 1. The molecular weight excluding hydrogens is 420 g/mol. The Morgan fingerprint density at radius 3 is 2.61 bits per heavy atom. The van der Waals surface area contributed by atoms with Gasteiger partial charge in [0.05, 0.1) is 4.92 Å². The number of carbonyl (C=O) groups is 2. The molecule has 0 aliphatic heterocycles. The number of nitrogens with zero attached hydrogens (tertiary/aromatic N) is 1. The van der Waals surface area contributed by atoms with E-state index in [0.29, 0.717) is 30.0 Å². The molecule has 0 aliphatic carbocycles. The highest BCUT2D eigenvalue weighted by atomic mass is 32.1. The van der Waals surface area contributed by atoms with Gasteiger partial charge in [-0.05, 0) is 54.5 Å². The second-order valence-electron chi connectivity index (χ2n) is 6.31. The van der Waals surface area contributed by atoms with Crippen molar-refractivity contribution < 1.29 is 19.2 Å². The monoisotopic (exact) mass is 442 g/mol. The number of thiocarbonyl (C=S) groups is 1. The third-order valence-electron chi connectivity index (χ3n) is 3.96. The first kappa shape index (κ1) is 23.6. The minimum absolute atomic E-state index is 0.0631. The highest BCUT2D eigenvalue weighted by Crippen LogP contribution is 2.14. The molecule has 0 saturated carbocycles. The van der Waals surface area contributed by atoms with E-state index in [1.807, 2.05) is 0 Å². The topological polar surface area (TPSA) is 123 Å². The van der Waals surface area contributed by atoms with E-state index in [9.17, 15) is 19.7 Å². The minimum atomic E-state index is -0.507. The molecule has 0 fully saturated rings. The summed E-state index contributed by atoms with van der Waals surface area (Å²) in [7, 11) is 1.61. The van der Waals surface area contributed by atoms with Gasteiger partial charge in [0.25, 0.3) is 11.6 Å². The van der Waals surface area contributed by atoms with Crippen LogP contribution in [0, 0.1) is 10.1 Å². The van der Waals surface area contributed by atoms with Crippen LogP contribution in [0.25, 0.3) is 6.08 Å². The van der Waals surface area contributed by atoms with Crippen molar-refractivity contribution >= 4 is 46.6 Å². The molecule has 0 spiro atoms.